The fourth-order valence-corrected chi connectivity index (χ4v) is 2.67. The molecule has 2 N–H and O–H groups in total. The molecule has 5 nitrogen and oxygen atoms in total. The second-order valence-electron chi connectivity index (χ2n) is 5.40. The maximum Gasteiger partial charge on any atom is 0.249 e. The van der Waals surface area contributed by atoms with Crippen LogP contribution in [0.3, 0.4) is 0 Å². The average molecular weight is 319 g/mol. The van der Waals surface area contributed by atoms with Gasteiger partial charge in [0.05, 0.1) is 17.8 Å². The van der Waals surface area contributed by atoms with Crippen molar-refractivity contribution in [3.8, 4) is 18.1 Å². The topological polar surface area (TPSA) is 69.6 Å². The first-order valence-electron chi connectivity index (χ1n) is 7.52. The molecule has 24 heavy (non-hydrogen) atoms. The smallest absolute Gasteiger partial charge is 0.249 e. The first-order chi connectivity index (χ1) is 11.6. The summed E-state index contributed by atoms with van der Waals surface area (Å²) in [5, 5.41) is 0. The van der Waals surface area contributed by atoms with E-state index in [-0.39, 0.29) is 6.61 Å². The molecule has 0 atom stereocenters. The second kappa shape index (κ2) is 6.47. The Balaban J connectivity index is 1.93. The number of benzene rings is 1. The zero-order valence-corrected chi connectivity index (χ0v) is 13.3. The van der Waals surface area contributed by atoms with Crippen LogP contribution in [0, 0.1) is 19.3 Å². The number of amides is 1. The third-order valence-corrected chi connectivity index (χ3v) is 3.85. The number of nitrogens with two attached hydrogens (primary N) is 1. The highest BCUT2D eigenvalue weighted by molar-refractivity contribution is 5.94. The van der Waals surface area contributed by atoms with E-state index in [0.29, 0.717) is 23.4 Å². The number of hydrogen-bond acceptors (Lipinski definition) is 3. The van der Waals surface area contributed by atoms with Crippen molar-refractivity contribution in [1.29, 1.82) is 0 Å². The summed E-state index contributed by atoms with van der Waals surface area (Å²) in [7, 11) is 0. The van der Waals surface area contributed by atoms with Gasteiger partial charge in [-0.05, 0) is 25.1 Å². The molecule has 0 spiro atoms. The number of pyridine rings is 1. The van der Waals surface area contributed by atoms with E-state index in [2.05, 4.69) is 10.9 Å². The maximum absolute atomic E-state index is 11.5. The first-order valence-corrected chi connectivity index (χ1v) is 7.52. The lowest BCUT2D eigenvalue weighted by Crippen LogP contribution is -2.14. The summed E-state index contributed by atoms with van der Waals surface area (Å²) < 4.78 is 7.83. The number of ether oxygens (including phenoxy) is 1. The monoisotopic (exact) mass is 319 g/mol. The maximum atomic E-state index is 11.5. The van der Waals surface area contributed by atoms with Crippen molar-refractivity contribution in [3.63, 3.8) is 0 Å². The number of carbonyl (C=O) groups is 1. The van der Waals surface area contributed by atoms with E-state index in [1.807, 2.05) is 41.8 Å². The normalized spacial score (nSPS) is 10.5. The van der Waals surface area contributed by atoms with Crippen LogP contribution in [0.5, 0.6) is 5.75 Å². The summed E-state index contributed by atoms with van der Waals surface area (Å²) in [5.74, 6) is 2.80. The van der Waals surface area contributed by atoms with E-state index in [9.17, 15) is 4.79 Å². The Morgan fingerprint density at radius 2 is 2.12 bits per heavy atom. The predicted octanol–water partition coefficient (Wildman–Crippen LogP) is 2.50. The lowest BCUT2D eigenvalue weighted by atomic mass is 10.1. The van der Waals surface area contributed by atoms with Gasteiger partial charge in [0.25, 0.3) is 0 Å². The van der Waals surface area contributed by atoms with E-state index in [0.717, 1.165) is 17.0 Å². The molecule has 3 rings (SSSR count). The van der Waals surface area contributed by atoms with Crippen molar-refractivity contribution in [2.45, 2.75) is 20.0 Å². The number of primary amides is 1. The molecular weight excluding hydrogens is 302 g/mol. The van der Waals surface area contributed by atoms with Crippen molar-refractivity contribution in [2.24, 2.45) is 5.73 Å². The van der Waals surface area contributed by atoms with Gasteiger partial charge in [0.1, 0.15) is 6.61 Å². The van der Waals surface area contributed by atoms with Crippen LogP contribution in [0.2, 0.25) is 0 Å². The number of carbonyl (C=O) groups excluding carboxylic acids is 1. The molecule has 3 aromatic rings. The fraction of sp³-hybridized carbons (Fsp3) is 0.158. The van der Waals surface area contributed by atoms with Gasteiger partial charge >= 0.3 is 0 Å². The Morgan fingerprint density at radius 1 is 1.33 bits per heavy atom. The SMILES string of the molecule is C#CCc1c(C)nc2c(OCc3ccccc3C(N)=O)cccn12. The molecule has 0 aliphatic carbocycles. The minimum absolute atomic E-state index is 0.231. The molecule has 0 aliphatic rings. The van der Waals surface area contributed by atoms with Crippen LogP contribution in [0.15, 0.2) is 42.6 Å². The fourth-order valence-electron chi connectivity index (χ4n) is 2.67. The zero-order valence-electron chi connectivity index (χ0n) is 13.3. The minimum Gasteiger partial charge on any atom is -0.485 e. The van der Waals surface area contributed by atoms with Crippen LogP contribution in [0.1, 0.15) is 27.3 Å². The Bertz CT molecular complexity index is 951. The highest BCUT2D eigenvalue weighted by Gasteiger charge is 2.13. The molecule has 0 saturated carbocycles. The van der Waals surface area contributed by atoms with Crippen LogP contribution < -0.4 is 10.5 Å². The van der Waals surface area contributed by atoms with Gasteiger partial charge < -0.3 is 10.5 Å². The molecule has 0 aliphatic heterocycles. The van der Waals surface area contributed by atoms with E-state index < -0.39 is 5.91 Å². The van der Waals surface area contributed by atoms with E-state index in [1.54, 1.807) is 12.1 Å². The van der Waals surface area contributed by atoms with Gasteiger partial charge in [0, 0.05) is 17.3 Å². The van der Waals surface area contributed by atoms with Crippen LogP contribution in [0.25, 0.3) is 5.65 Å². The molecule has 0 bridgehead atoms. The van der Waals surface area contributed by atoms with Gasteiger partial charge in [0.2, 0.25) is 5.91 Å². The molecule has 0 saturated heterocycles. The molecule has 2 heterocycles. The Hall–Kier alpha value is -3.26. The van der Waals surface area contributed by atoms with Gasteiger partial charge in [0.15, 0.2) is 11.4 Å². The molecule has 0 fully saturated rings. The summed E-state index contributed by atoms with van der Waals surface area (Å²) in [6.07, 6.45) is 7.84. The number of hydrogen-bond donors (Lipinski definition) is 1. The Morgan fingerprint density at radius 3 is 2.88 bits per heavy atom. The summed E-state index contributed by atoms with van der Waals surface area (Å²) in [4.78, 5) is 16.0. The minimum atomic E-state index is -0.472. The van der Waals surface area contributed by atoms with Gasteiger partial charge in [-0.1, -0.05) is 18.2 Å². The second-order valence-corrected chi connectivity index (χ2v) is 5.40. The van der Waals surface area contributed by atoms with Crippen molar-refractivity contribution in [2.75, 3.05) is 0 Å². The largest absolute Gasteiger partial charge is 0.485 e. The summed E-state index contributed by atoms with van der Waals surface area (Å²) >= 11 is 0. The van der Waals surface area contributed by atoms with Crippen LogP contribution in [-0.4, -0.2) is 15.3 Å². The zero-order chi connectivity index (χ0) is 17.1. The molecule has 0 unspecified atom stereocenters. The van der Waals surface area contributed by atoms with Crippen LogP contribution in [0.4, 0.5) is 0 Å². The summed E-state index contributed by atoms with van der Waals surface area (Å²) in [6.45, 7) is 2.15. The van der Waals surface area contributed by atoms with Gasteiger partial charge in [-0.3, -0.25) is 9.20 Å². The molecular formula is C19H17N3O2. The first kappa shape index (κ1) is 15.6. The average Bonchev–Trinajstić information content (AvgIpc) is 2.90. The number of terminal acetylenes is 1. The lowest BCUT2D eigenvalue weighted by molar-refractivity contribution is 0.0998. The van der Waals surface area contributed by atoms with E-state index >= 15 is 0 Å². The number of rotatable bonds is 5. The van der Waals surface area contributed by atoms with Gasteiger partial charge in [-0.25, -0.2) is 4.98 Å². The summed E-state index contributed by atoms with van der Waals surface area (Å²) in [5.41, 5.74) is 9.14. The standard InChI is InChI=1S/C19H17N3O2/c1-3-7-16-13(2)21-19-17(10-6-11-22(16)19)24-12-14-8-4-5-9-15(14)18(20)23/h1,4-6,8-11H,7,12H2,2H3,(H2,20,23). The van der Waals surface area contributed by atoms with Crippen LogP contribution in [-0.2, 0) is 13.0 Å². The summed E-state index contributed by atoms with van der Waals surface area (Å²) in [6, 6.07) is 10.8. The van der Waals surface area contributed by atoms with E-state index in [1.165, 1.54) is 0 Å². The van der Waals surface area contributed by atoms with Crippen molar-refractivity contribution in [1.82, 2.24) is 9.38 Å². The lowest BCUT2D eigenvalue weighted by Gasteiger charge is -2.10. The molecule has 120 valence electrons. The number of nitrogens with zero attached hydrogens (tertiary/aromatic N) is 2. The number of fused-ring (bicyclic) bond motifs is 1. The number of aromatic nitrogens is 2. The van der Waals surface area contributed by atoms with Crippen molar-refractivity contribution < 1.29 is 9.53 Å². The van der Waals surface area contributed by atoms with Crippen LogP contribution >= 0.6 is 0 Å². The van der Waals surface area contributed by atoms with Crippen molar-refractivity contribution in [3.05, 3.63) is 65.1 Å². The predicted molar refractivity (Wildman–Crippen MR) is 91.8 cm³/mol. The Labute approximate surface area is 140 Å². The molecule has 1 aromatic carbocycles. The Kier molecular flexibility index (Phi) is 4.21. The molecule has 1 amide bonds. The third kappa shape index (κ3) is 2.82. The van der Waals surface area contributed by atoms with E-state index in [4.69, 9.17) is 16.9 Å². The quantitative estimate of drug-likeness (QED) is 0.735. The van der Waals surface area contributed by atoms with Crippen molar-refractivity contribution >= 4 is 11.6 Å². The van der Waals surface area contributed by atoms with Gasteiger partial charge in [-0.15, -0.1) is 12.3 Å². The number of imidazole rings is 1. The third-order valence-electron chi connectivity index (χ3n) is 3.85. The molecule has 5 heteroatoms. The highest BCUT2D eigenvalue weighted by Crippen LogP contribution is 2.23. The number of aryl methyl sites for hydroxylation is 1. The molecule has 2 aromatic heterocycles. The van der Waals surface area contributed by atoms with Gasteiger partial charge in [-0.2, -0.15) is 0 Å². The molecule has 0 radical (unpaired) electrons. The highest BCUT2D eigenvalue weighted by atomic mass is 16.5.